The quantitative estimate of drug-likeness (QED) is 0.561. The molecule has 0 saturated carbocycles. The Hall–Kier alpha value is -1.63. The molecular weight excluding hydrogens is 146 g/mol. The van der Waals surface area contributed by atoms with Crippen LogP contribution in [0.25, 0.3) is 12.2 Å². The smallest absolute Gasteiger partial charge is 0.0701 e. The first-order chi connectivity index (χ1) is 5.97. The molecule has 0 spiro atoms. The first kappa shape index (κ1) is 7.04. The molecule has 0 unspecified atom stereocenters. The summed E-state index contributed by atoms with van der Waals surface area (Å²) in [5, 5.41) is 0. The van der Waals surface area contributed by atoms with E-state index in [0.717, 1.165) is 11.3 Å². The molecular formula is C11H9N. The SMILES string of the molecule is C1=C\C=C/c2ncccc2\C=C/1. The van der Waals surface area contributed by atoms with Gasteiger partial charge >= 0.3 is 0 Å². The second-order valence-corrected chi connectivity index (χ2v) is 2.58. The predicted octanol–water partition coefficient (Wildman–Crippen LogP) is 2.68. The first-order valence-corrected chi connectivity index (χ1v) is 3.93. The van der Waals surface area contributed by atoms with Crippen LogP contribution >= 0.6 is 0 Å². The van der Waals surface area contributed by atoms with Crippen LogP contribution in [0.1, 0.15) is 11.3 Å². The predicted molar refractivity (Wildman–Crippen MR) is 51.4 cm³/mol. The van der Waals surface area contributed by atoms with Crippen LogP contribution < -0.4 is 0 Å². The Labute approximate surface area is 71.8 Å². The summed E-state index contributed by atoms with van der Waals surface area (Å²) in [6, 6.07) is 4.00. The largest absolute Gasteiger partial charge is 0.256 e. The van der Waals surface area contributed by atoms with Crippen LogP contribution in [0.15, 0.2) is 42.6 Å². The van der Waals surface area contributed by atoms with Crippen molar-refractivity contribution >= 4 is 12.2 Å². The van der Waals surface area contributed by atoms with Gasteiger partial charge in [-0.05, 0) is 12.1 Å². The Morgan fingerprint density at radius 2 is 1.75 bits per heavy atom. The average molecular weight is 155 g/mol. The molecule has 1 aromatic rings. The summed E-state index contributed by atoms with van der Waals surface area (Å²) < 4.78 is 0. The monoisotopic (exact) mass is 155 g/mol. The van der Waals surface area contributed by atoms with Gasteiger partial charge in [-0.15, -0.1) is 0 Å². The van der Waals surface area contributed by atoms with Crippen molar-refractivity contribution in [1.29, 1.82) is 0 Å². The highest BCUT2D eigenvalue weighted by molar-refractivity contribution is 5.64. The molecule has 1 aliphatic rings. The zero-order valence-electron chi connectivity index (χ0n) is 6.64. The lowest BCUT2D eigenvalue weighted by molar-refractivity contribution is 1.28. The summed E-state index contributed by atoms with van der Waals surface area (Å²) in [5.74, 6) is 0. The number of allylic oxidation sites excluding steroid dienone is 4. The second-order valence-electron chi connectivity index (χ2n) is 2.58. The van der Waals surface area contributed by atoms with E-state index in [2.05, 4.69) is 17.1 Å². The van der Waals surface area contributed by atoms with Gasteiger partial charge in [0.15, 0.2) is 0 Å². The van der Waals surface area contributed by atoms with Crippen LogP contribution in [0.4, 0.5) is 0 Å². The van der Waals surface area contributed by atoms with Gasteiger partial charge in [-0.1, -0.05) is 36.4 Å². The van der Waals surface area contributed by atoms with Crippen LogP contribution in [0.5, 0.6) is 0 Å². The third-order valence-corrected chi connectivity index (χ3v) is 1.73. The van der Waals surface area contributed by atoms with Crippen molar-refractivity contribution in [2.75, 3.05) is 0 Å². The number of aromatic nitrogens is 1. The third-order valence-electron chi connectivity index (χ3n) is 1.73. The molecule has 0 radical (unpaired) electrons. The molecule has 1 heteroatoms. The van der Waals surface area contributed by atoms with E-state index < -0.39 is 0 Å². The number of rotatable bonds is 0. The molecule has 0 N–H and O–H groups in total. The van der Waals surface area contributed by atoms with Crippen molar-refractivity contribution in [3.63, 3.8) is 0 Å². The molecule has 0 aliphatic heterocycles. The van der Waals surface area contributed by atoms with Crippen molar-refractivity contribution in [2.45, 2.75) is 0 Å². The van der Waals surface area contributed by atoms with Gasteiger partial charge in [-0.2, -0.15) is 0 Å². The normalized spacial score (nSPS) is 21.7. The van der Waals surface area contributed by atoms with Gasteiger partial charge in [0, 0.05) is 11.8 Å². The summed E-state index contributed by atoms with van der Waals surface area (Å²) in [6.45, 7) is 0. The molecule has 1 aromatic heterocycles. The summed E-state index contributed by atoms with van der Waals surface area (Å²) in [6.07, 6.45) is 13.9. The minimum Gasteiger partial charge on any atom is -0.256 e. The number of hydrogen-bond donors (Lipinski definition) is 0. The van der Waals surface area contributed by atoms with Gasteiger partial charge in [-0.3, -0.25) is 4.98 Å². The molecule has 1 aliphatic carbocycles. The maximum absolute atomic E-state index is 4.25. The van der Waals surface area contributed by atoms with Crippen molar-refractivity contribution in [1.82, 2.24) is 4.98 Å². The third kappa shape index (κ3) is 1.35. The number of fused-ring (bicyclic) bond motifs is 1. The van der Waals surface area contributed by atoms with Crippen LogP contribution in [0, 0.1) is 0 Å². The van der Waals surface area contributed by atoms with Gasteiger partial charge < -0.3 is 0 Å². The maximum Gasteiger partial charge on any atom is 0.0701 e. The average Bonchev–Trinajstić information content (AvgIpc) is 2.06. The Kier molecular flexibility index (Phi) is 1.87. The van der Waals surface area contributed by atoms with Gasteiger partial charge in [-0.25, -0.2) is 0 Å². The van der Waals surface area contributed by atoms with Gasteiger partial charge in [0.05, 0.1) is 5.69 Å². The van der Waals surface area contributed by atoms with Crippen molar-refractivity contribution in [3.8, 4) is 0 Å². The van der Waals surface area contributed by atoms with E-state index in [1.165, 1.54) is 0 Å². The molecule has 0 amide bonds. The van der Waals surface area contributed by atoms with Crippen molar-refractivity contribution in [2.24, 2.45) is 0 Å². The molecule has 1 nitrogen and oxygen atoms in total. The lowest BCUT2D eigenvalue weighted by atomic mass is 10.1. The highest BCUT2D eigenvalue weighted by Crippen LogP contribution is 2.11. The fourth-order valence-electron chi connectivity index (χ4n) is 1.14. The number of hydrogen-bond acceptors (Lipinski definition) is 1. The minimum atomic E-state index is 1.03. The molecule has 1 heterocycles. The van der Waals surface area contributed by atoms with Gasteiger partial charge in [0.25, 0.3) is 0 Å². The lowest BCUT2D eigenvalue weighted by Gasteiger charge is -1.98. The van der Waals surface area contributed by atoms with Crippen LogP contribution in [-0.2, 0) is 0 Å². The highest BCUT2D eigenvalue weighted by Gasteiger charge is 1.94. The zero-order chi connectivity index (χ0) is 8.23. The molecule has 0 aromatic carbocycles. The number of pyridine rings is 1. The lowest BCUT2D eigenvalue weighted by Crippen LogP contribution is -1.84. The minimum absolute atomic E-state index is 1.03. The summed E-state index contributed by atoms with van der Waals surface area (Å²) in [7, 11) is 0. The molecule has 0 fully saturated rings. The van der Waals surface area contributed by atoms with Gasteiger partial charge in [0.2, 0.25) is 0 Å². The maximum atomic E-state index is 4.25. The van der Waals surface area contributed by atoms with E-state index in [-0.39, 0.29) is 0 Å². The van der Waals surface area contributed by atoms with Crippen LogP contribution in [0.3, 0.4) is 0 Å². The van der Waals surface area contributed by atoms with E-state index in [4.69, 9.17) is 0 Å². The molecule has 0 atom stereocenters. The fourth-order valence-corrected chi connectivity index (χ4v) is 1.14. The molecule has 0 bridgehead atoms. The molecule has 2 rings (SSSR count). The van der Waals surface area contributed by atoms with Crippen LogP contribution in [0.2, 0.25) is 0 Å². The van der Waals surface area contributed by atoms with E-state index in [1.807, 2.05) is 42.6 Å². The zero-order valence-corrected chi connectivity index (χ0v) is 6.64. The highest BCUT2D eigenvalue weighted by atomic mass is 14.7. The van der Waals surface area contributed by atoms with E-state index in [9.17, 15) is 0 Å². The van der Waals surface area contributed by atoms with E-state index in [0.29, 0.717) is 0 Å². The first-order valence-electron chi connectivity index (χ1n) is 3.93. The molecule has 58 valence electrons. The van der Waals surface area contributed by atoms with Crippen molar-refractivity contribution < 1.29 is 0 Å². The summed E-state index contributed by atoms with van der Waals surface area (Å²) in [4.78, 5) is 4.25. The molecule has 0 saturated heterocycles. The van der Waals surface area contributed by atoms with Crippen molar-refractivity contribution in [3.05, 3.63) is 53.9 Å². The Morgan fingerprint density at radius 3 is 2.67 bits per heavy atom. The van der Waals surface area contributed by atoms with E-state index >= 15 is 0 Å². The summed E-state index contributed by atoms with van der Waals surface area (Å²) in [5.41, 5.74) is 2.19. The standard InChI is InChI=1S/C11H9N/c1-2-4-8-11-10(6-3-1)7-5-9-12-11/h1-9H/b2-1-,3-1?,4-2?,6-3-,8-4-,10-6?,11-8?. The molecule has 12 heavy (non-hydrogen) atoms. The topological polar surface area (TPSA) is 12.9 Å². The Bertz CT molecular complexity index is 324. The van der Waals surface area contributed by atoms with Gasteiger partial charge in [0.1, 0.15) is 0 Å². The number of nitrogens with zero attached hydrogens (tertiary/aromatic N) is 1. The fraction of sp³-hybridized carbons (Fsp3) is 0. The second kappa shape index (κ2) is 3.18. The van der Waals surface area contributed by atoms with E-state index in [1.54, 1.807) is 0 Å². The Morgan fingerprint density at radius 1 is 0.917 bits per heavy atom. The Balaban J connectivity index is 2.54. The summed E-state index contributed by atoms with van der Waals surface area (Å²) >= 11 is 0. The van der Waals surface area contributed by atoms with Crippen LogP contribution in [-0.4, -0.2) is 4.98 Å².